The van der Waals surface area contributed by atoms with E-state index in [1.807, 2.05) is 0 Å². The van der Waals surface area contributed by atoms with E-state index in [4.69, 9.17) is 0 Å². The smallest absolute Gasteiger partial charge is 0.171 e. The van der Waals surface area contributed by atoms with Gasteiger partial charge in [0.05, 0.1) is 0 Å². The van der Waals surface area contributed by atoms with Crippen molar-refractivity contribution in [2.45, 2.75) is 18.3 Å². The van der Waals surface area contributed by atoms with Gasteiger partial charge in [-0.1, -0.05) is 58.4 Å². The van der Waals surface area contributed by atoms with Crippen LogP contribution >= 0.6 is 15.9 Å². The van der Waals surface area contributed by atoms with E-state index in [9.17, 15) is 0 Å². The fourth-order valence-corrected chi connectivity index (χ4v) is 2.89. The number of halogens is 1. The topological polar surface area (TPSA) is 3.01 Å². The molecule has 0 saturated heterocycles. The monoisotopic (exact) mass is 314 g/mol. The normalized spacial score (nSPS) is 13.8. The molecule has 0 fully saturated rings. The molecule has 0 unspecified atom stereocenters. The van der Waals surface area contributed by atoms with Crippen molar-refractivity contribution in [1.82, 2.24) is 0 Å². The highest BCUT2D eigenvalue weighted by atomic mass is 79.9. The molecule has 19 heavy (non-hydrogen) atoms. The summed E-state index contributed by atoms with van der Waals surface area (Å²) in [6.45, 7) is 2.11. The minimum absolute atomic E-state index is 0.923. The van der Waals surface area contributed by atoms with E-state index < -0.39 is 0 Å². The predicted octanol–water partition coefficient (Wildman–Crippen LogP) is 3.77. The number of alkyl halides is 1. The van der Waals surface area contributed by atoms with E-state index in [2.05, 4.69) is 75.3 Å². The first-order chi connectivity index (χ1) is 9.35. The maximum Gasteiger partial charge on any atom is 0.171 e. The number of rotatable bonds is 3. The van der Waals surface area contributed by atoms with E-state index in [1.165, 1.54) is 22.3 Å². The fourth-order valence-electron chi connectivity index (χ4n) is 2.54. The summed E-state index contributed by atoms with van der Waals surface area (Å²) in [5.74, 6) is 0. The van der Waals surface area contributed by atoms with E-state index in [1.54, 1.807) is 0 Å². The molecule has 0 radical (unpaired) electrons. The third-order valence-corrected chi connectivity index (χ3v) is 4.23. The molecule has 1 aliphatic heterocycles. The van der Waals surface area contributed by atoms with Gasteiger partial charge in [0.25, 0.3) is 0 Å². The van der Waals surface area contributed by atoms with Gasteiger partial charge in [0.15, 0.2) is 12.8 Å². The van der Waals surface area contributed by atoms with Crippen LogP contribution in [-0.2, 0) is 18.3 Å². The summed E-state index contributed by atoms with van der Waals surface area (Å²) in [5, 5.41) is 0.923. The molecule has 0 aromatic heterocycles. The first kappa shape index (κ1) is 12.6. The van der Waals surface area contributed by atoms with E-state index >= 15 is 0 Å². The van der Waals surface area contributed by atoms with Crippen LogP contribution in [-0.4, -0.2) is 17.3 Å². The van der Waals surface area contributed by atoms with Gasteiger partial charge < -0.3 is 0 Å². The molecule has 2 aromatic carbocycles. The largest absolute Gasteiger partial charge is 0.231 e. The molecule has 0 aliphatic carbocycles. The Kier molecular flexibility index (Phi) is 3.79. The molecule has 2 heteroatoms. The van der Waals surface area contributed by atoms with Crippen molar-refractivity contribution in [2.24, 2.45) is 0 Å². The van der Waals surface area contributed by atoms with Gasteiger partial charge in [-0.25, -0.2) is 4.58 Å². The summed E-state index contributed by atoms with van der Waals surface area (Å²) in [5.41, 5.74) is 5.56. The molecule has 0 amide bonds. The fraction of sp³-hybridized carbons (Fsp3) is 0.235. The van der Waals surface area contributed by atoms with Gasteiger partial charge in [-0.2, -0.15) is 0 Å². The molecule has 0 spiro atoms. The van der Waals surface area contributed by atoms with Crippen LogP contribution in [0.15, 0.2) is 48.5 Å². The second-order valence-electron chi connectivity index (χ2n) is 5.00. The number of nitrogens with zero attached hydrogens (tertiary/aromatic N) is 1. The van der Waals surface area contributed by atoms with Gasteiger partial charge in [-0.05, 0) is 17.2 Å². The van der Waals surface area contributed by atoms with Crippen LogP contribution in [0.25, 0.3) is 0 Å². The van der Waals surface area contributed by atoms with Crippen molar-refractivity contribution in [3.63, 3.8) is 0 Å². The molecule has 0 atom stereocenters. The minimum Gasteiger partial charge on any atom is -0.231 e. The van der Waals surface area contributed by atoms with Gasteiger partial charge in [0.2, 0.25) is 0 Å². The summed E-state index contributed by atoms with van der Waals surface area (Å²) in [7, 11) is 0. The van der Waals surface area contributed by atoms with E-state index in [0.717, 1.165) is 24.8 Å². The maximum absolute atomic E-state index is 3.53. The molecule has 1 heterocycles. The first-order valence-electron chi connectivity index (χ1n) is 6.66. The van der Waals surface area contributed by atoms with Gasteiger partial charge in [0, 0.05) is 22.9 Å². The molecular weight excluding hydrogens is 298 g/mol. The second-order valence-corrected chi connectivity index (χ2v) is 5.56. The van der Waals surface area contributed by atoms with Crippen LogP contribution in [0.4, 0.5) is 0 Å². The molecule has 3 rings (SSSR count). The average molecular weight is 315 g/mol. The molecule has 1 nitrogen and oxygen atoms in total. The Balaban J connectivity index is 1.86. The second kappa shape index (κ2) is 5.70. The third-order valence-electron chi connectivity index (χ3n) is 3.58. The SMILES string of the molecule is BrCc1ccc2c(c1)C=[N+](Cc1ccccc1)CC2. The quantitative estimate of drug-likeness (QED) is 0.599. The molecule has 0 bridgehead atoms. The van der Waals surface area contributed by atoms with Crippen LogP contribution < -0.4 is 0 Å². The lowest BCUT2D eigenvalue weighted by molar-refractivity contribution is -0.540. The van der Waals surface area contributed by atoms with Crippen molar-refractivity contribution in [1.29, 1.82) is 0 Å². The lowest BCUT2D eigenvalue weighted by Gasteiger charge is -2.13. The Labute approximate surface area is 122 Å². The summed E-state index contributed by atoms with van der Waals surface area (Å²) < 4.78 is 2.41. The first-order valence-corrected chi connectivity index (χ1v) is 7.78. The number of benzene rings is 2. The zero-order chi connectivity index (χ0) is 13.1. The molecule has 96 valence electrons. The maximum atomic E-state index is 3.53. The number of hydrogen-bond acceptors (Lipinski definition) is 0. The van der Waals surface area contributed by atoms with Gasteiger partial charge in [-0.3, -0.25) is 0 Å². The van der Waals surface area contributed by atoms with E-state index in [0.29, 0.717) is 0 Å². The summed E-state index contributed by atoms with van der Waals surface area (Å²) in [4.78, 5) is 0. The molecule has 2 aromatic rings. The van der Waals surface area contributed by atoms with Crippen molar-refractivity contribution < 1.29 is 4.58 Å². The van der Waals surface area contributed by atoms with Crippen LogP contribution in [0.1, 0.15) is 22.3 Å². The highest BCUT2D eigenvalue weighted by Gasteiger charge is 2.16. The Morgan fingerprint density at radius 3 is 2.63 bits per heavy atom. The predicted molar refractivity (Wildman–Crippen MR) is 83.2 cm³/mol. The zero-order valence-corrected chi connectivity index (χ0v) is 12.4. The highest BCUT2D eigenvalue weighted by molar-refractivity contribution is 9.08. The Hall–Kier alpha value is -1.41. The summed E-state index contributed by atoms with van der Waals surface area (Å²) in [6, 6.07) is 17.4. The summed E-state index contributed by atoms with van der Waals surface area (Å²) in [6.07, 6.45) is 3.44. The molecule has 0 saturated carbocycles. The Morgan fingerprint density at radius 2 is 1.84 bits per heavy atom. The van der Waals surface area contributed by atoms with Crippen LogP contribution in [0.5, 0.6) is 0 Å². The number of fused-ring (bicyclic) bond motifs is 1. The summed E-state index contributed by atoms with van der Waals surface area (Å²) >= 11 is 3.53. The minimum atomic E-state index is 0.923. The third kappa shape index (κ3) is 2.95. The average Bonchev–Trinajstić information content (AvgIpc) is 2.47. The Bertz CT molecular complexity index is 602. The van der Waals surface area contributed by atoms with Gasteiger partial charge in [0.1, 0.15) is 6.54 Å². The Morgan fingerprint density at radius 1 is 1.00 bits per heavy atom. The van der Waals surface area contributed by atoms with Crippen LogP contribution in [0.2, 0.25) is 0 Å². The van der Waals surface area contributed by atoms with Crippen molar-refractivity contribution in [2.75, 3.05) is 6.54 Å². The van der Waals surface area contributed by atoms with Crippen LogP contribution in [0, 0.1) is 0 Å². The van der Waals surface area contributed by atoms with Crippen molar-refractivity contribution in [3.05, 3.63) is 70.8 Å². The lowest BCUT2D eigenvalue weighted by atomic mass is 10.00. The van der Waals surface area contributed by atoms with Gasteiger partial charge in [-0.15, -0.1) is 0 Å². The molecule has 0 N–H and O–H groups in total. The van der Waals surface area contributed by atoms with Crippen LogP contribution in [0.3, 0.4) is 0 Å². The zero-order valence-electron chi connectivity index (χ0n) is 10.8. The molecular formula is C17H17BrN+. The van der Waals surface area contributed by atoms with Crippen molar-refractivity contribution in [3.8, 4) is 0 Å². The highest BCUT2D eigenvalue weighted by Crippen LogP contribution is 2.17. The number of hydrogen-bond donors (Lipinski definition) is 0. The van der Waals surface area contributed by atoms with Crippen molar-refractivity contribution >= 4 is 22.1 Å². The standard InChI is InChI=1S/C17H17BrN/c18-11-15-6-7-16-8-9-19(13-17(16)10-15)12-14-4-2-1-3-5-14/h1-7,10,13H,8-9,11-12H2/q+1. The van der Waals surface area contributed by atoms with Gasteiger partial charge >= 0.3 is 0 Å². The molecule has 1 aliphatic rings. The lowest BCUT2D eigenvalue weighted by Crippen LogP contribution is -2.22. The van der Waals surface area contributed by atoms with E-state index in [-0.39, 0.29) is 0 Å².